The lowest BCUT2D eigenvalue weighted by molar-refractivity contribution is -0.274. The Morgan fingerprint density at radius 1 is 1.17 bits per heavy atom. The molecule has 158 valence electrons. The van der Waals surface area contributed by atoms with Crippen LogP contribution in [0.4, 0.5) is 24.9 Å². The third-order valence-corrected chi connectivity index (χ3v) is 5.26. The fourth-order valence-corrected chi connectivity index (χ4v) is 3.58. The van der Waals surface area contributed by atoms with Gasteiger partial charge in [0.25, 0.3) is 0 Å². The first-order chi connectivity index (χ1) is 13.7. The minimum Gasteiger partial charge on any atom is -0.405 e. The van der Waals surface area contributed by atoms with E-state index in [9.17, 15) is 13.2 Å². The maximum Gasteiger partial charge on any atom is 0.573 e. The second kappa shape index (κ2) is 9.04. The summed E-state index contributed by atoms with van der Waals surface area (Å²) in [6, 6.07) is 6.23. The third-order valence-electron chi connectivity index (χ3n) is 4.97. The molecule has 0 unspecified atom stereocenters. The normalized spacial score (nSPS) is 19.8. The van der Waals surface area contributed by atoms with Gasteiger partial charge in [0.1, 0.15) is 16.6 Å². The summed E-state index contributed by atoms with van der Waals surface area (Å²) < 4.78 is 42.5. The van der Waals surface area contributed by atoms with Gasteiger partial charge in [-0.05, 0) is 37.7 Å². The van der Waals surface area contributed by atoms with E-state index >= 15 is 0 Å². The molecule has 0 amide bonds. The van der Waals surface area contributed by atoms with Gasteiger partial charge in [-0.25, -0.2) is 4.98 Å². The van der Waals surface area contributed by atoms with Crippen LogP contribution in [-0.4, -0.2) is 28.9 Å². The Bertz CT molecular complexity index is 828. The van der Waals surface area contributed by atoms with E-state index in [2.05, 4.69) is 14.7 Å². The highest BCUT2D eigenvalue weighted by molar-refractivity contribution is 6.32. The molecule has 29 heavy (non-hydrogen) atoms. The molecule has 6 nitrogen and oxygen atoms in total. The maximum atomic E-state index is 12.8. The van der Waals surface area contributed by atoms with Crippen molar-refractivity contribution in [2.24, 2.45) is 11.7 Å². The number of halogens is 4. The number of hydrogen-bond donors (Lipinski definition) is 2. The van der Waals surface area contributed by atoms with Gasteiger partial charge >= 0.3 is 6.36 Å². The standard InChI is InChI=1S/C19H23ClF3N5O/c20-15-9-26-18(27-17(15)25)28(10-12-5-7-14(24)8-6-12)11-13-3-1-2-4-16(13)29-19(21,22)23/h1-4,9,12,14H,5-8,10-11,24H2,(H2,25,26,27)/t12-,14+. The van der Waals surface area contributed by atoms with Gasteiger partial charge in [0.15, 0.2) is 0 Å². The number of alkyl halides is 3. The first kappa shape index (κ1) is 21.4. The second-order valence-electron chi connectivity index (χ2n) is 7.22. The molecule has 1 saturated carbocycles. The predicted molar refractivity (Wildman–Crippen MR) is 106 cm³/mol. The number of nitrogen functional groups attached to an aromatic ring is 1. The highest BCUT2D eigenvalue weighted by Crippen LogP contribution is 2.30. The van der Waals surface area contributed by atoms with E-state index in [0.717, 1.165) is 25.7 Å². The third kappa shape index (κ3) is 6.11. The Hall–Kier alpha value is -2.26. The van der Waals surface area contributed by atoms with Gasteiger partial charge in [0.2, 0.25) is 5.95 Å². The van der Waals surface area contributed by atoms with Crippen LogP contribution in [0.2, 0.25) is 5.02 Å². The summed E-state index contributed by atoms with van der Waals surface area (Å²) in [5, 5.41) is 0.221. The lowest BCUT2D eigenvalue weighted by Crippen LogP contribution is -2.35. The van der Waals surface area contributed by atoms with Gasteiger partial charge in [-0.3, -0.25) is 0 Å². The van der Waals surface area contributed by atoms with E-state index in [0.29, 0.717) is 24.0 Å². The van der Waals surface area contributed by atoms with Crippen molar-refractivity contribution in [1.82, 2.24) is 9.97 Å². The van der Waals surface area contributed by atoms with E-state index < -0.39 is 6.36 Å². The Morgan fingerprint density at radius 3 is 2.52 bits per heavy atom. The van der Waals surface area contributed by atoms with E-state index in [4.69, 9.17) is 23.1 Å². The SMILES string of the molecule is Nc1nc(N(Cc2ccccc2OC(F)(F)F)C[C@H]2CC[C@@H](N)CC2)ncc1Cl. The van der Waals surface area contributed by atoms with Crippen LogP contribution in [0.25, 0.3) is 0 Å². The van der Waals surface area contributed by atoms with Crippen molar-refractivity contribution in [2.45, 2.75) is 44.6 Å². The maximum absolute atomic E-state index is 12.8. The molecule has 1 aliphatic carbocycles. The van der Waals surface area contributed by atoms with Gasteiger partial charge in [-0.1, -0.05) is 29.8 Å². The average molecular weight is 430 g/mol. The number of nitrogens with two attached hydrogens (primary N) is 2. The number of hydrogen-bond acceptors (Lipinski definition) is 6. The summed E-state index contributed by atoms with van der Waals surface area (Å²) in [6.45, 7) is 0.698. The number of nitrogens with zero attached hydrogens (tertiary/aromatic N) is 3. The zero-order chi connectivity index (χ0) is 21.0. The Morgan fingerprint density at radius 2 is 1.86 bits per heavy atom. The van der Waals surface area contributed by atoms with Crippen molar-refractivity contribution in [3.05, 3.63) is 41.0 Å². The topological polar surface area (TPSA) is 90.3 Å². The monoisotopic (exact) mass is 429 g/mol. The van der Waals surface area contributed by atoms with E-state index in [1.54, 1.807) is 12.1 Å². The average Bonchev–Trinajstić information content (AvgIpc) is 2.65. The summed E-state index contributed by atoms with van der Waals surface area (Å²) in [5.74, 6) is 0.499. The van der Waals surface area contributed by atoms with Gasteiger partial charge in [-0.15, -0.1) is 13.2 Å². The molecule has 0 saturated heterocycles. The molecule has 0 aliphatic heterocycles. The van der Waals surface area contributed by atoms with Crippen molar-refractivity contribution in [3.8, 4) is 5.75 Å². The fourth-order valence-electron chi connectivity index (χ4n) is 3.49. The van der Waals surface area contributed by atoms with Gasteiger partial charge in [-0.2, -0.15) is 4.98 Å². The van der Waals surface area contributed by atoms with Crippen LogP contribution in [-0.2, 0) is 6.54 Å². The summed E-state index contributed by atoms with van der Waals surface area (Å²) in [5.41, 5.74) is 12.2. The molecule has 1 heterocycles. The predicted octanol–water partition coefficient (Wildman–Crippen LogP) is 4.13. The van der Waals surface area contributed by atoms with Crippen molar-refractivity contribution in [1.29, 1.82) is 0 Å². The van der Waals surface area contributed by atoms with Crippen molar-refractivity contribution >= 4 is 23.4 Å². The fraction of sp³-hybridized carbons (Fsp3) is 0.474. The lowest BCUT2D eigenvalue weighted by Gasteiger charge is -2.32. The minimum atomic E-state index is -4.78. The number of aromatic nitrogens is 2. The van der Waals surface area contributed by atoms with Crippen LogP contribution in [0.3, 0.4) is 0 Å². The first-order valence-electron chi connectivity index (χ1n) is 9.33. The number of rotatable bonds is 6. The van der Waals surface area contributed by atoms with Crippen molar-refractivity contribution in [3.63, 3.8) is 0 Å². The van der Waals surface area contributed by atoms with Crippen LogP contribution in [0.15, 0.2) is 30.5 Å². The molecule has 1 aromatic heterocycles. The molecule has 4 N–H and O–H groups in total. The van der Waals surface area contributed by atoms with Gasteiger partial charge in [0.05, 0.1) is 6.20 Å². The van der Waals surface area contributed by atoms with Crippen LogP contribution >= 0.6 is 11.6 Å². The molecule has 2 aromatic rings. The van der Waals surface area contributed by atoms with Crippen LogP contribution < -0.4 is 21.1 Å². The van der Waals surface area contributed by atoms with E-state index in [1.807, 2.05) is 4.90 Å². The summed E-state index contributed by atoms with van der Waals surface area (Å²) in [4.78, 5) is 10.3. The van der Waals surface area contributed by atoms with Crippen LogP contribution in [0, 0.1) is 5.92 Å². The summed E-state index contributed by atoms with van der Waals surface area (Å²) in [7, 11) is 0. The van der Waals surface area contributed by atoms with Gasteiger partial charge in [0, 0.05) is 24.7 Å². The highest BCUT2D eigenvalue weighted by Gasteiger charge is 2.32. The molecule has 1 fully saturated rings. The Labute approximate surface area is 172 Å². The number of anilines is 2. The summed E-state index contributed by atoms with van der Waals surface area (Å²) in [6.07, 6.45) is 0.303. The number of benzene rings is 1. The second-order valence-corrected chi connectivity index (χ2v) is 7.63. The van der Waals surface area contributed by atoms with E-state index in [-0.39, 0.29) is 29.2 Å². The Balaban J connectivity index is 1.86. The largest absolute Gasteiger partial charge is 0.573 e. The number of ether oxygens (including phenoxy) is 1. The quantitative estimate of drug-likeness (QED) is 0.717. The molecule has 0 radical (unpaired) electrons. The Kier molecular flexibility index (Phi) is 6.69. The van der Waals surface area contributed by atoms with E-state index in [1.165, 1.54) is 18.3 Å². The zero-order valence-electron chi connectivity index (χ0n) is 15.7. The first-order valence-corrected chi connectivity index (χ1v) is 9.71. The lowest BCUT2D eigenvalue weighted by atomic mass is 9.86. The molecule has 1 aromatic carbocycles. The molecule has 0 bridgehead atoms. The molecule has 10 heteroatoms. The zero-order valence-corrected chi connectivity index (χ0v) is 16.5. The molecule has 3 rings (SSSR count). The molecule has 1 aliphatic rings. The molecule has 0 spiro atoms. The highest BCUT2D eigenvalue weighted by atomic mass is 35.5. The molecular formula is C19H23ClF3N5O. The van der Waals surface area contributed by atoms with Crippen LogP contribution in [0.5, 0.6) is 5.75 Å². The number of para-hydroxylation sites is 1. The van der Waals surface area contributed by atoms with Gasteiger partial charge < -0.3 is 21.1 Å². The van der Waals surface area contributed by atoms with Crippen LogP contribution in [0.1, 0.15) is 31.2 Å². The van der Waals surface area contributed by atoms with Crippen molar-refractivity contribution < 1.29 is 17.9 Å². The molecule has 0 atom stereocenters. The van der Waals surface area contributed by atoms with Crippen molar-refractivity contribution in [2.75, 3.05) is 17.2 Å². The molecular weight excluding hydrogens is 407 g/mol. The summed E-state index contributed by atoms with van der Waals surface area (Å²) >= 11 is 5.92. The minimum absolute atomic E-state index is 0.118. The smallest absolute Gasteiger partial charge is 0.405 e.